The zero-order valence-corrected chi connectivity index (χ0v) is 11.0. The number of likely N-dealkylation sites (tertiary alicyclic amines) is 1. The molecule has 0 atom stereocenters. The molecule has 6 heteroatoms. The zero-order chi connectivity index (χ0) is 12.4. The molecule has 0 aromatic carbocycles. The van der Waals surface area contributed by atoms with Crippen molar-refractivity contribution in [3.8, 4) is 0 Å². The van der Waals surface area contributed by atoms with Crippen LogP contribution in [0.2, 0.25) is 0 Å². The molecule has 94 valence electrons. The van der Waals surface area contributed by atoms with Crippen LogP contribution in [0.5, 0.6) is 0 Å². The summed E-state index contributed by atoms with van der Waals surface area (Å²) in [5.41, 5.74) is 5.54. The molecule has 1 amide bonds. The highest BCUT2D eigenvalue weighted by Gasteiger charge is 2.25. The average Bonchev–Trinajstić information content (AvgIpc) is 2.75. The summed E-state index contributed by atoms with van der Waals surface area (Å²) in [6.07, 6.45) is 3.64. The molecule has 2 heterocycles. The number of thiazole rings is 1. The normalized spacial score (nSPS) is 17.7. The standard InChI is InChI=1S/C11H18N4OS/c1-14(2)8-3-5-15(6-4-8)10(16)9-7-13-11(12)17-9/h7-8H,3-6H2,1-2H3,(H2,12,13). The van der Waals surface area contributed by atoms with Gasteiger partial charge in [-0.05, 0) is 26.9 Å². The molecule has 1 aromatic heterocycles. The topological polar surface area (TPSA) is 62.5 Å². The molecule has 1 saturated heterocycles. The number of amides is 1. The van der Waals surface area contributed by atoms with Gasteiger partial charge in [-0.3, -0.25) is 4.79 Å². The van der Waals surface area contributed by atoms with E-state index < -0.39 is 0 Å². The van der Waals surface area contributed by atoms with Crippen molar-refractivity contribution < 1.29 is 4.79 Å². The van der Waals surface area contributed by atoms with Crippen LogP contribution in [0, 0.1) is 0 Å². The summed E-state index contributed by atoms with van der Waals surface area (Å²) in [7, 11) is 4.18. The van der Waals surface area contributed by atoms with Crippen molar-refractivity contribution in [1.29, 1.82) is 0 Å². The van der Waals surface area contributed by atoms with Gasteiger partial charge in [-0.25, -0.2) is 4.98 Å². The van der Waals surface area contributed by atoms with E-state index in [0.29, 0.717) is 16.1 Å². The largest absolute Gasteiger partial charge is 0.375 e. The molecule has 1 aromatic rings. The number of piperidine rings is 1. The number of nitrogen functional groups attached to an aromatic ring is 1. The Bertz CT molecular complexity index is 396. The smallest absolute Gasteiger partial charge is 0.265 e. The van der Waals surface area contributed by atoms with E-state index in [4.69, 9.17) is 5.73 Å². The maximum Gasteiger partial charge on any atom is 0.265 e. The van der Waals surface area contributed by atoms with Crippen molar-refractivity contribution in [2.45, 2.75) is 18.9 Å². The Hall–Kier alpha value is -1.14. The predicted molar refractivity (Wildman–Crippen MR) is 69.1 cm³/mol. The molecule has 5 nitrogen and oxygen atoms in total. The number of nitrogens with zero attached hydrogens (tertiary/aromatic N) is 3. The summed E-state index contributed by atoms with van der Waals surface area (Å²) < 4.78 is 0. The molecule has 0 saturated carbocycles. The fraction of sp³-hybridized carbons (Fsp3) is 0.636. The molecule has 2 N–H and O–H groups in total. The molecule has 1 aliphatic heterocycles. The first kappa shape index (κ1) is 12.3. The van der Waals surface area contributed by atoms with Gasteiger partial charge >= 0.3 is 0 Å². The van der Waals surface area contributed by atoms with E-state index >= 15 is 0 Å². The lowest BCUT2D eigenvalue weighted by molar-refractivity contribution is 0.0668. The van der Waals surface area contributed by atoms with Gasteiger partial charge in [-0.2, -0.15) is 0 Å². The third-order valence-electron chi connectivity index (χ3n) is 3.22. The van der Waals surface area contributed by atoms with Crippen LogP contribution < -0.4 is 5.73 Å². The fourth-order valence-electron chi connectivity index (χ4n) is 2.13. The molecule has 0 bridgehead atoms. The first-order chi connectivity index (χ1) is 8.08. The van der Waals surface area contributed by atoms with E-state index in [9.17, 15) is 4.79 Å². The van der Waals surface area contributed by atoms with Crippen LogP contribution in [0.1, 0.15) is 22.5 Å². The summed E-state index contributed by atoms with van der Waals surface area (Å²) in [5, 5.41) is 0.455. The van der Waals surface area contributed by atoms with Crippen molar-refractivity contribution in [3.63, 3.8) is 0 Å². The molecule has 0 spiro atoms. The highest BCUT2D eigenvalue weighted by atomic mass is 32.1. The second kappa shape index (κ2) is 5.01. The SMILES string of the molecule is CN(C)C1CCN(C(=O)c2cnc(N)s2)CC1. The Balaban J connectivity index is 1.95. The molecule has 2 rings (SSSR count). The Morgan fingerprint density at radius 2 is 2.18 bits per heavy atom. The maximum atomic E-state index is 12.1. The van der Waals surface area contributed by atoms with Gasteiger partial charge in [0.1, 0.15) is 4.88 Å². The van der Waals surface area contributed by atoms with Gasteiger partial charge in [0.05, 0.1) is 6.20 Å². The minimum absolute atomic E-state index is 0.0661. The van der Waals surface area contributed by atoms with Crippen molar-refractivity contribution in [2.75, 3.05) is 32.9 Å². The predicted octanol–water partition coefficient (Wildman–Crippen LogP) is 0.891. The maximum absolute atomic E-state index is 12.1. The van der Waals surface area contributed by atoms with Gasteiger partial charge in [0.2, 0.25) is 0 Å². The fourth-order valence-corrected chi connectivity index (χ4v) is 2.78. The van der Waals surface area contributed by atoms with E-state index in [1.54, 1.807) is 6.20 Å². The van der Waals surface area contributed by atoms with Crippen molar-refractivity contribution in [3.05, 3.63) is 11.1 Å². The molecule has 0 unspecified atom stereocenters. The molecule has 1 aliphatic rings. The van der Waals surface area contributed by atoms with E-state index in [0.717, 1.165) is 25.9 Å². The molecule has 0 aliphatic carbocycles. The quantitative estimate of drug-likeness (QED) is 0.851. The molecular formula is C11H18N4OS. The van der Waals surface area contributed by atoms with Crippen LogP contribution in [0.25, 0.3) is 0 Å². The van der Waals surface area contributed by atoms with E-state index in [1.807, 2.05) is 4.90 Å². The number of anilines is 1. The third kappa shape index (κ3) is 2.76. The minimum atomic E-state index is 0.0661. The van der Waals surface area contributed by atoms with Crippen LogP contribution in [-0.4, -0.2) is 53.9 Å². The first-order valence-corrected chi connectivity index (χ1v) is 6.56. The number of nitrogens with two attached hydrogens (primary N) is 1. The van der Waals surface area contributed by atoms with Crippen LogP contribution in [0.15, 0.2) is 6.20 Å². The Morgan fingerprint density at radius 3 is 2.65 bits per heavy atom. The average molecular weight is 254 g/mol. The number of carbonyl (C=O) groups excluding carboxylic acids is 1. The summed E-state index contributed by atoms with van der Waals surface area (Å²) in [6, 6.07) is 0.589. The first-order valence-electron chi connectivity index (χ1n) is 5.75. The number of carbonyl (C=O) groups is 1. The van der Waals surface area contributed by atoms with Crippen molar-refractivity contribution >= 4 is 22.4 Å². The molecule has 0 radical (unpaired) electrons. The number of hydrogen-bond donors (Lipinski definition) is 1. The van der Waals surface area contributed by atoms with E-state index in [-0.39, 0.29) is 5.91 Å². The van der Waals surface area contributed by atoms with E-state index in [1.165, 1.54) is 11.3 Å². The van der Waals surface area contributed by atoms with E-state index in [2.05, 4.69) is 24.0 Å². The van der Waals surface area contributed by atoms with Gasteiger partial charge in [0, 0.05) is 19.1 Å². The second-order valence-corrected chi connectivity index (χ2v) is 5.61. The molecule has 1 fully saturated rings. The van der Waals surface area contributed by atoms with Gasteiger partial charge in [-0.15, -0.1) is 0 Å². The van der Waals surface area contributed by atoms with Crippen LogP contribution in [0.4, 0.5) is 5.13 Å². The summed E-state index contributed by atoms with van der Waals surface area (Å²) in [4.78, 5) is 20.8. The monoisotopic (exact) mass is 254 g/mol. The second-order valence-electron chi connectivity index (χ2n) is 4.55. The minimum Gasteiger partial charge on any atom is -0.375 e. The Morgan fingerprint density at radius 1 is 1.53 bits per heavy atom. The van der Waals surface area contributed by atoms with Gasteiger partial charge in [0.15, 0.2) is 5.13 Å². The van der Waals surface area contributed by atoms with Crippen LogP contribution in [0.3, 0.4) is 0 Å². The third-order valence-corrected chi connectivity index (χ3v) is 4.03. The Labute approximate surface area is 105 Å². The number of rotatable bonds is 2. The zero-order valence-electron chi connectivity index (χ0n) is 10.2. The highest BCUT2D eigenvalue weighted by molar-refractivity contribution is 7.17. The van der Waals surface area contributed by atoms with Gasteiger partial charge < -0.3 is 15.5 Å². The van der Waals surface area contributed by atoms with Crippen molar-refractivity contribution in [2.24, 2.45) is 0 Å². The van der Waals surface area contributed by atoms with Gasteiger partial charge in [0.25, 0.3) is 5.91 Å². The van der Waals surface area contributed by atoms with Crippen molar-refractivity contribution in [1.82, 2.24) is 14.8 Å². The van der Waals surface area contributed by atoms with Crippen LogP contribution >= 0.6 is 11.3 Å². The van der Waals surface area contributed by atoms with Gasteiger partial charge in [-0.1, -0.05) is 11.3 Å². The van der Waals surface area contributed by atoms with Crippen LogP contribution in [-0.2, 0) is 0 Å². The Kier molecular flexibility index (Phi) is 3.63. The lowest BCUT2D eigenvalue weighted by atomic mass is 10.0. The lowest BCUT2D eigenvalue weighted by Gasteiger charge is -2.34. The lowest BCUT2D eigenvalue weighted by Crippen LogP contribution is -2.44. The number of hydrogen-bond acceptors (Lipinski definition) is 5. The summed E-state index contributed by atoms with van der Waals surface area (Å²) in [5.74, 6) is 0.0661. The highest BCUT2D eigenvalue weighted by Crippen LogP contribution is 2.20. The summed E-state index contributed by atoms with van der Waals surface area (Å²) >= 11 is 1.26. The summed E-state index contributed by atoms with van der Waals surface area (Å²) in [6.45, 7) is 1.64. The molecule has 17 heavy (non-hydrogen) atoms. The number of aromatic nitrogens is 1. The molecular weight excluding hydrogens is 236 g/mol.